The van der Waals surface area contributed by atoms with Gasteiger partial charge in [0, 0.05) is 11.3 Å². The van der Waals surface area contributed by atoms with E-state index in [1.165, 1.54) is 29.2 Å². The standard InChI is InChI=1S/C23H19FN2O3/c1-15-5-4-6-16(13-15)23(29)19-7-2-3-8-20(19)26(22(23)28)14-21(27)25-18-11-9-17(24)10-12-18/h2-13,29H,14H2,1H3,(H,25,27). The first-order chi connectivity index (χ1) is 13.9. The van der Waals surface area contributed by atoms with Crippen molar-refractivity contribution < 1.29 is 19.1 Å². The van der Waals surface area contributed by atoms with Crippen molar-refractivity contribution in [1.82, 2.24) is 0 Å². The SMILES string of the molecule is Cc1cccc(C2(O)C(=O)N(CC(=O)Nc3ccc(F)cc3)c3ccccc32)c1. The Labute approximate surface area is 167 Å². The van der Waals surface area contributed by atoms with E-state index in [9.17, 15) is 19.1 Å². The largest absolute Gasteiger partial charge is 0.372 e. The summed E-state index contributed by atoms with van der Waals surface area (Å²) in [5.74, 6) is -1.44. The number of para-hydroxylation sites is 1. The normalized spacial score (nSPS) is 17.9. The average molecular weight is 390 g/mol. The van der Waals surface area contributed by atoms with Crippen LogP contribution in [-0.4, -0.2) is 23.5 Å². The van der Waals surface area contributed by atoms with Crippen LogP contribution in [-0.2, 0) is 15.2 Å². The van der Waals surface area contributed by atoms with Crippen LogP contribution < -0.4 is 10.2 Å². The number of aliphatic hydroxyl groups is 1. The molecule has 0 spiro atoms. The molecule has 0 saturated heterocycles. The van der Waals surface area contributed by atoms with Gasteiger partial charge in [0.05, 0.1) is 5.69 Å². The Morgan fingerprint density at radius 3 is 2.52 bits per heavy atom. The summed E-state index contributed by atoms with van der Waals surface area (Å²) in [6.45, 7) is 1.60. The van der Waals surface area contributed by atoms with Crippen LogP contribution >= 0.6 is 0 Å². The number of halogens is 1. The predicted octanol–water partition coefficient (Wildman–Crippen LogP) is 3.36. The highest BCUT2D eigenvalue weighted by molar-refractivity contribution is 6.12. The third-order valence-corrected chi connectivity index (χ3v) is 5.00. The van der Waals surface area contributed by atoms with E-state index in [1.807, 2.05) is 13.0 Å². The number of nitrogens with zero attached hydrogens (tertiary/aromatic N) is 1. The van der Waals surface area contributed by atoms with Crippen molar-refractivity contribution in [3.05, 3.63) is 95.3 Å². The lowest BCUT2D eigenvalue weighted by Crippen LogP contribution is -2.44. The third-order valence-electron chi connectivity index (χ3n) is 5.00. The van der Waals surface area contributed by atoms with Gasteiger partial charge in [0.1, 0.15) is 12.4 Å². The molecule has 0 fully saturated rings. The summed E-state index contributed by atoms with van der Waals surface area (Å²) in [6, 6.07) is 19.4. The number of nitrogens with one attached hydrogen (secondary N) is 1. The molecule has 1 heterocycles. The minimum absolute atomic E-state index is 0.276. The van der Waals surface area contributed by atoms with Crippen LogP contribution in [0.25, 0.3) is 0 Å². The van der Waals surface area contributed by atoms with Crippen LogP contribution in [0.5, 0.6) is 0 Å². The maximum absolute atomic E-state index is 13.3. The monoisotopic (exact) mass is 390 g/mol. The lowest BCUT2D eigenvalue weighted by Gasteiger charge is -2.24. The number of aryl methyl sites for hydroxylation is 1. The number of rotatable bonds is 4. The molecule has 0 radical (unpaired) electrons. The van der Waals surface area contributed by atoms with Crippen molar-refractivity contribution in [3.63, 3.8) is 0 Å². The van der Waals surface area contributed by atoms with E-state index in [-0.39, 0.29) is 6.54 Å². The minimum atomic E-state index is -1.86. The zero-order valence-electron chi connectivity index (χ0n) is 15.7. The molecule has 0 aliphatic carbocycles. The molecule has 0 bridgehead atoms. The van der Waals surface area contributed by atoms with Gasteiger partial charge in [-0.2, -0.15) is 0 Å². The fraction of sp³-hybridized carbons (Fsp3) is 0.130. The van der Waals surface area contributed by atoms with Crippen LogP contribution in [0.1, 0.15) is 16.7 Å². The van der Waals surface area contributed by atoms with Crippen molar-refractivity contribution in [1.29, 1.82) is 0 Å². The zero-order valence-corrected chi connectivity index (χ0v) is 15.7. The summed E-state index contributed by atoms with van der Waals surface area (Å²) < 4.78 is 13.0. The van der Waals surface area contributed by atoms with Gasteiger partial charge < -0.3 is 10.4 Å². The zero-order chi connectivity index (χ0) is 20.6. The van der Waals surface area contributed by atoms with Crippen LogP contribution in [0.3, 0.4) is 0 Å². The lowest BCUT2D eigenvalue weighted by atomic mass is 9.87. The van der Waals surface area contributed by atoms with Gasteiger partial charge in [-0.05, 0) is 42.8 Å². The minimum Gasteiger partial charge on any atom is -0.372 e. The number of hydrogen-bond acceptors (Lipinski definition) is 3. The highest BCUT2D eigenvalue weighted by Crippen LogP contribution is 2.44. The number of benzene rings is 3. The fourth-order valence-corrected chi connectivity index (χ4v) is 3.62. The predicted molar refractivity (Wildman–Crippen MR) is 108 cm³/mol. The van der Waals surface area contributed by atoms with Crippen molar-refractivity contribution in [3.8, 4) is 0 Å². The Morgan fingerprint density at radius 2 is 1.79 bits per heavy atom. The smallest absolute Gasteiger partial charge is 0.268 e. The fourth-order valence-electron chi connectivity index (χ4n) is 3.62. The Kier molecular flexibility index (Phi) is 4.64. The first kappa shape index (κ1) is 18.8. The molecule has 1 aliphatic rings. The Hall–Kier alpha value is -3.51. The van der Waals surface area contributed by atoms with Crippen molar-refractivity contribution in [2.24, 2.45) is 0 Å². The van der Waals surface area contributed by atoms with Crippen LogP contribution in [0.15, 0.2) is 72.8 Å². The van der Waals surface area contributed by atoms with E-state index in [0.29, 0.717) is 22.5 Å². The average Bonchev–Trinajstić information content (AvgIpc) is 2.93. The molecule has 6 heteroatoms. The van der Waals surface area contributed by atoms with E-state index in [0.717, 1.165) is 5.56 Å². The van der Waals surface area contributed by atoms with Gasteiger partial charge in [-0.15, -0.1) is 0 Å². The molecule has 0 saturated carbocycles. The van der Waals surface area contributed by atoms with Gasteiger partial charge in [0.2, 0.25) is 5.91 Å². The van der Waals surface area contributed by atoms with Crippen LogP contribution in [0.4, 0.5) is 15.8 Å². The summed E-state index contributed by atoms with van der Waals surface area (Å²) in [4.78, 5) is 27.1. The lowest BCUT2D eigenvalue weighted by molar-refractivity contribution is -0.133. The summed E-state index contributed by atoms with van der Waals surface area (Å²) in [7, 11) is 0. The molecule has 5 nitrogen and oxygen atoms in total. The maximum Gasteiger partial charge on any atom is 0.268 e. The van der Waals surface area contributed by atoms with Crippen molar-refractivity contribution in [2.75, 3.05) is 16.8 Å². The molecule has 1 unspecified atom stereocenters. The number of fused-ring (bicyclic) bond motifs is 1. The first-order valence-electron chi connectivity index (χ1n) is 9.16. The van der Waals surface area contributed by atoms with Crippen LogP contribution in [0, 0.1) is 12.7 Å². The molecule has 1 atom stereocenters. The first-order valence-corrected chi connectivity index (χ1v) is 9.16. The van der Waals surface area contributed by atoms with E-state index in [4.69, 9.17) is 0 Å². The summed E-state index contributed by atoms with van der Waals surface area (Å²) in [6.07, 6.45) is 0. The van der Waals surface area contributed by atoms with E-state index in [2.05, 4.69) is 5.32 Å². The second kappa shape index (κ2) is 7.14. The van der Waals surface area contributed by atoms with Crippen LogP contribution in [0.2, 0.25) is 0 Å². The Balaban J connectivity index is 1.66. The number of hydrogen-bond donors (Lipinski definition) is 2. The molecule has 3 aromatic rings. The molecule has 0 aromatic heterocycles. The van der Waals surface area contributed by atoms with Gasteiger partial charge >= 0.3 is 0 Å². The summed E-state index contributed by atoms with van der Waals surface area (Å²) >= 11 is 0. The number of carbonyl (C=O) groups is 2. The molecule has 146 valence electrons. The molecule has 2 N–H and O–H groups in total. The molecule has 29 heavy (non-hydrogen) atoms. The van der Waals surface area contributed by atoms with Gasteiger partial charge in [-0.1, -0.05) is 48.0 Å². The molecule has 3 aromatic carbocycles. The molecule has 4 rings (SSSR count). The second-order valence-corrected chi connectivity index (χ2v) is 7.04. The molecular formula is C23H19FN2O3. The van der Waals surface area contributed by atoms with Gasteiger partial charge in [0.25, 0.3) is 5.91 Å². The second-order valence-electron chi connectivity index (χ2n) is 7.04. The van der Waals surface area contributed by atoms with Crippen molar-refractivity contribution in [2.45, 2.75) is 12.5 Å². The summed E-state index contributed by atoms with van der Waals surface area (Å²) in [5.41, 5.74) is 0.843. The number of anilines is 2. The van der Waals surface area contributed by atoms with Crippen molar-refractivity contribution >= 4 is 23.2 Å². The maximum atomic E-state index is 13.3. The van der Waals surface area contributed by atoms with Gasteiger partial charge in [0.15, 0.2) is 5.60 Å². The third kappa shape index (κ3) is 3.28. The summed E-state index contributed by atoms with van der Waals surface area (Å²) in [5, 5.41) is 14.1. The van der Waals surface area contributed by atoms with E-state index < -0.39 is 23.2 Å². The molecule has 1 aliphatic heterocycles. The topological polar surface area (TPSA) is 69.6 Å². The highest BCUT2D eigenvalue weighted by atomic mass is 19.1. The Morgan fingerprint density at radius 1 is 1.07 bits per heavy atom. The highest BCUT2D eigenvalue weighted by Gasteiger charge is 2.51. The number of amides is 2. The van der Waals surface area contributed by atoms with E-state index >= 15 is 0 Å². The van der Waals surface area contributed by atoms with Gasteiger partial charge in [-0.3, -0.25) is 14.5 Å². The quantitative estimate of drug-likeness (QED) is 0.718. The molecular weight excluding hydrogens is 371 g/mol. The number of carbonyl (C=O) groups excluding carboxylic acids is 2. The Bertz CT molecular complexity index is 1100. The van der Waals surface area contributed by atoms with E-state index in [1.54, 1.807) is 42.5 Å². The molecule has 2 amide bonds. The van der Waals surface area contributed by atoms with Gasteiger partial charge in [-0.25, -0.2) is 4.39 Å².